The number of para-hydroxylation sites is 1. The van der Waals surface area contributed by atoms with Crippen LogP contribution < -0.4 is 5.56 Å². The highest BCUT2D eigenvalue weighted by molar-refractivity contribution is 5.96. The lowest BCUT2D eigenvalue weighted by atomic mass is 10.1. The van der Waals surface area contributed by atoms with Crippen molar-refractivity contribution in [2.75, 3.05) is 0 Å². The summed E-state index contributed by atoms with van der Waals surface area (Å²) < 4.78 is 8.61. The number of benzene rings is 2. The van der Waals surface area contributed by atoms with Gasteiger partial charge in [0.25, 0.3) is 5.56 Å². The molecule has 5 aromatic rings. The largest absolute Gasteiger partial charge is 0.455 e. The SMILES string of the molecule is O=C(OCc1cc(=O)n2ccccc2n1)c1cn(-c2ccccc2)nc1-c1ccccc1. The van der Waals surface area contributed by atoms with Gasteiger partial charge in [-0.15, -0.1) is 0 Å². The van der Waals surface area contributed by atoms with Crippen LogP contribution in [0.4, 0.5) is 0 Å². The van der Waals surface area contributed by atoms with Crippen LogP contribution in [0.5, 0.6) is 0 Å². The number of esters is 1. The molecule has 0 saturated heterocycles. The van der Waals surface area contributed by atoms with E-state index < -0.39 is 5.97 Å². The van der Waals surface area contributed by atoms with Gasteiger partial charge in [-0.2, -0.15) is 5.10 Å². The molecule has 0 unspecified atom stereocenters. The molecule has 0 spiro atoms. The van der Waals surface area contributed by atoms with Crippen LogP contribution in [-0.2, 0) is 11.3 Å². The Morgan fingerprint density at radius 3 is 2.41 bits per heavy atom. The standard InChI is InChI=1S/C25H18N4O3/c30-23-15-19(26-22-13-7-8-14-28(22)23)17-32-25(31)21-16-29(20-11-5-2-6-12-20)27-24(21)18-9-3-1-4-10-18/h1-16H,17H2. The maximum absolute atomic E-state index is 13.0. The number of nitrogens with zero attached hydrogens (tertiary/aromatic N) is 4. The Kier molecular flexibility index (Phi) is 5.05. The van der Waals surface area contributed by atoms with E-state index in [1.165, 1.54) is 10.5 Å². The summed E-state index contributed by atoms with van der Waals surface area (Å²) in [6, 6.07) is 25.6. The number of carbonyl (C=O) groups excluding carboxylic acids is 1. The maximum Gasteiger partial charge on any atom is 0.342 e. The molecule has 2 aromatic carbocycles. The first-order chi connectivity index (χ1) is 15.7. The highest BCUT2D eigenvalue weighted by Gasteiger charge is 2.20. The zero-order valence-electron chi connectivity index (χ0n) is 17.0. The fraction of sp³-hybridized carbons (Fsp3) is 0.0400. The zero-order chi connectivity index (χ0) is 21.9. The maximum atomic E-state index is 13.0. The summed E-state index contributed by atoms with van der Waals surface area (Å²) in [5.74, 6) is -0.541. The number of hydrogen-bond donors (Lipinski definition) is 0. The predicted molar refractivity (Wildman–Crippen MR) is 120 cm³/mol. The highest BCUT2D eigenvalue weighted by atomic mass is 16.5. The van der Waals surface area contributed by atoms with Crippen molar-refractivity contribution in [3.8, 4) is 16.9 Å². The van der Waals surface area contributed by atoms with E-state index in [-0.39, 0.29) is 12.2 Å². The van der Waals surface area contributed by atoms with Crippen LogP contribution >= 0.6 is 0 Å². The molecule has 32 heavy (non-hydrogen) atoms. The second-order valence-electron chi connectivity index (χ2n) is 7.13. The average Bonchev–Trinajstić information content (AvgIpc) is 3.29. The van der Waals surface area contributed by atoms with Crippen molar-refractivity contribution < 1.29 is 9.53 Å². The second-order valence-corrected chi connectivity index (χ2v) is 7.13. The van der Waals surface area contributed by atoms with Gasteiger partial charge in [-0.05, 0) is 24.3 Å². The van der Waals surface area contributed by atoms with Crippen LogP contribution in [0.2, 0.25) is 0 Å². The van der Waals surface area contributed by atoms with E-state index in [1.807, 2.05) is 60.7 Å². The van der Waals surface area contributed by atoms with Crippen LogP contribution in [-0.4, -0.2) is 25.1 Å². The number of hydrogen-bond acceptors (Lipinski definition) is 5. The Labute approximate surface area is 183 Å². The fourth-order valence-corrected chi connectivity index (χ4v) is 3.44. The van der Waals surface area contributed by atoms with Crippen molar-refractivity contribution in [2.45, 2.75) is 6.61 Å². The average molecular weight is 422 g/mol. The monoisotopic (exact) mass is 422 g/mol. The van der Waals surface area contributed by atoms with E-state index in [2.05, 4.69) is 10.1 Å². The van der Waals surface area contributed by atoms with Crippen LogP contribution in [0.1, 0.15) is 16.1 Å². The fourth-order valence-electron chi connectivity index (χ4n) is 3.44. The number of ether oxygens (including phenoxy) is 1. The molecule has 0 amide bonds. The molecule has 0 radical (unpaired) electrons. The first-order valence-corrected chi connectivity index (χ1v) is 10.0. The summed E-state index contributed by atoms with van der Waals surface area (Å²) in [5, 5.41) is 4.63. The molecule has 5 rings (SSSR count). The number of rotatable bonds is 5. The smallest absolute Gasteiger partial charge is 0.342 e. The lowest BCUT2D eigenvalue weighted by molar-refractivity contribution is 0.0468. The van der Waals surface area contributed by atoms with Crippen molar-refractivity contribution >= 4 is 11.6 Å². The summed E-state index contributed by atoms with van der Waals surface area (Å²) in [4.78, 5) is 29.7. The van der Waals surface area contributed by atoms with Gasteiger partial charge in [-0.25, -0.2) is 14.5 Å². The molecule has 0 bridgehead atoms. The first-order valence-electron chi connectivity index (χ1n) is 10.0. The predicted octanol–water partition coefficient (Wildman–Crippen LogP) is 3.90. The van der Waals surface area contributed by atoms with Crippen LogP contribution in [0.15, 0.2) is 102 Å². The summed E-state index contributed by atoms with van der Waals surface area (Å²) in [5.41, 5.74) is 3.12. The van der Waals surface area contributed by atoms with E-state index in [4.69, 9.17) is 4.74 Å². The van der Waals surface area contributed by atoms with E-state index >= 15 is 0 Å². The van der Waals surface area contributed by atoms with Crippen LogP contribution in [0.3, 0.4) is 0 Å². The molecule has 0 aliphatic rings. The van der Waals surface area contributed by atoms with E-state index in [0.29, 0.717) is 22.6 Å². The lowest BCUT2D eigenvalue weighted by Crippen LogP contribution is -2.16. The number of aromatic nitrogens is 4. The van der Waals surface area contributed by atoms with E-state index in [1.54, 1.807) is 35.3 Å². The molecule has 0 saturated carbocycles. The molecule has 3 heterocycles. The van der Waals surface area contributed by atoms with E-state index in [0.717, 1.165) is 11.3 Å². The summed E-state index contributed by atoms with van der Waals surface area (Å²) >= 11 is 0. The number of fused-ring (bicyclic) bond motifs is 1. The molecule has 0 aliphatic carbocycles. The minimum atomic E-state index is -0.541. The van der Waals surface area contributed by atoms with Crippen molar-refractivity contribution in [1.29, 1.82) is 0 Å². The molecule has 0 N–H and O–H groups in total. The first kappa shape index (κ1) is 19.4. The van der Waals surface area contributed by atoms with Gasteiger partial charge in [0.2, 0.25) is 0 Å². The van der Waals surface area contributed by atoms with E-state index in [9.17, 15) is 9.59 Å². The summed E-state index contributed by atoms with van der Waals surface area (Å²) in [6.45, 7) is -0.121. The Bertz CT molecular complexity index is 1460. The molecular weight excluding hydrogens is 404 g/mol. The van der Waals surface area contributed by atoms with Crippen LogP contribution in [0, 0.1) is 0 Å². The topological polar surface area (TPSA) is 78.5 Å². The summed E-state index contributed by atoms with van der Waals surface area (Å²) in [7, 11) is 0. The van der Waals surface area contributed by atoms with Gasteiger partial charge in [0.1, 0.15) is 23.5 Å². The molecule has 0 aliphatic heterocycles. The number of pyridine rings is 1. The van der Waals surface area contributed by atoms with Crippen LogP contribution in [0.25, 0.3) is 22.6 Å². The Morgan fingerprint density at radius 2 is 1.62 bits per heavy atom. The molecule has 156 valence electrons. The lowest BCUT2D eigenvalue weighted by Gasteiger charge is -2.06. The summed E-state index contributed by atoms with van der Waals surface area (Å²) in [6.07, 6.45) is 3.30. The van der Waals surface area contributed by atoms with Gasteiger partial charge in [0, 0.05) is 24.0 Å². The molecule has 0 atom stereocenters. The Hall–Kier alpha value is -4.52. The molecule has 0 fully saturated rings. The molecule has 7 heteroatoms. The molecule has 7 nitrogen and oxygen atoms in total. The van der Waals surface area contributed by atoms with Gasteiger partial charge in [-0.3, -0.25) is 9.20 Å². The third-order valence-electron chi connectivity index (χ3n) is 4.98. The van der Waals surface area contributed by atoms with Crippen molar-refractivity contribution in [2.24, 2.45) is 0 Å². The minimum Gasteiger partial charge on any atom is -0.455 e. The minimum absolute atomic E-state index is 0.121. The van der Waals surface area contributed by atoms with Gasteiger partial charge in [0.05, 0.1) is 11.4 Å². The Balaban J connectivity index is 1.46. The molecular formula is C25H18N4O3. The molecule has 3 aromatic heterocycles. The second kappa shape index (κ2) is 8.31. The van der Waals surface area contributed by atoms with Crippen molar-refractivity contribution in [1.82, 2.24) is 19.2 Å². The normalized spacial score (nSPS) is 10.9. The van der Waals surface area contributed by atoms with Crippen molar-refractivity contribution in [3.05, 3.63) is 119 Å². The van der Waals surface area contributed by atoms with Gasteiger partial charge in [-0.1, -0.05) is 54.6 Å². The van der Waals surface area contributed by atoms with Gasteiger partial charge >= 0.3 is 5.97 Å². The van der Waals surface area contributed by atoms with Crippen molar-refractivity contribution in [3.63, 3.8) is 0 Å². The number of carbonyl (C=O) groups is 1. The highest BCUT2D eigenvalue weighted by Crippen LogP contribution is 2.24. The third-order valence-corrected chi connectivity index (χ3v) is 4.98. The van der Waals surface area contributed by atoms with Gasteiger partial charge in [0.15, 0.2) is 0 Å². The quantitative estimate of drug-likeness (QED) is 0.402. The van der Waals surface area contributed by atoms with Gasteiger partial charge < -0.3 is 4.74 Å². The zero-order valence-corrected chi connectivity index (χ0v) is 17.0. The third kappa shape index (κ3) is 3.79. The Morgan fingerprint density at radius 1 is 0.906 bits per heavy atom.